The predicted octanol–water partition coefficient (Wildman–Crippen LogP) is 1.69. The van der Waals surface area contributed by atoms with Gasteiger partial charge in [0, 0.05) is 0 Å². The van der Waals surface area contributed by atoms with E-state index in [1.54, 1.807) is 0 Å². The zero-order valence-electron chi connectivity index (χ0n) is 7.43. The Hall–Kier alpha value is -0.530. The van der Waals surface area contributed by atoms with Crippen LogP contribution in [0, 0.1) is 0 Å². The lowest BCUT2D eigenvalue weighted by molar-refractivity contribution is -0.308. The van der Waals surface area contributed by atoms with Crippen molar-refractivity contribution in [2.45, 2.75) is 25.2 Å². The van der Waals surface area contributed by atoms with Crippen molar-refractivity contribution < 1.29 is 40.7 Å². The molecular formula is C6H5F6O3P-2. The van der Waals surface area contributed by atoms with E-state index in [9.17, 15) is 40.7 Å². The number of halogens is 6. The Morgan fingerprint density at radius 3 is 1.50 bits per heavy atom. The van der Waals surface area contributed by atoms with Gasteiger partial charge in [-0.05, 0) is 7.60 Å². The molecule has 0 saturated heterocycles. The summed E-state index contributed by atoms with van der Waals surface area (Å²) < 4.78 is 80.6. The van der Waals surface area contributed by atoms with Gasteiger partial charge in [-0.25, -0.2) is 0 Å². The van der Waals surface area contributed by atoms with Crippen molar-refractivity contribution in [1.29, 1.82) is 0 Å². The van der Waals surface area contributed by atoms with Gasteiger partial charge in [0.05, 0.1) is 12.8 Å². The van der Waals surface area contributed by atoms with Gasteiger partial charge >= 0.3 is 12.4 Å². The summed E-state index contributed by atoms with van der Waals surface area (Å²) in [5.41, 5.74) is -1.52. The van der Waals surface area contributed by atoms with Crippen molar-refractivity contribution in [2.75, 3.05) is 0 Å². The molecule has 0 aromatic heterocycles. The molecule has 0 bridgehead atoms. The first-order valence-electron chi connectivity index (χ1n) is 3.64. The quantitative estimate of drug-likeness (QED) is 0.579. The van der Waals surface area contributed by atoms with Crippen LogP contribution in [-0.4, -0.2) is 12.4 Å². The van der Waals surface area contributed by atoms with Crippen LogP contribution in [0.4, 0.5) is 26.3 Å². The third kappa shape index (κ3) is 10.0. The predicted molar refractivity (Wildman–Crippen MR) is 37.0 cm³/mol. The van der Waals surface area contributed by atoms with Gasteiger partial charge in [-0.3, -0.25) is 0 Å². The van der Waals surface area contributed by atoms with Gasteiger partial charge in [-0.1, -0.05) is 11.4 Å². The van der Waals surface area contributed by atoms with E-state index in [0.717, 1.165) is 0 Å². The van der Waals surface area contributed by atoms with Crippen LogP contribution in [0.25, 0.3) is 0 Å². The van der Waals surface area contributed by atoms with Crippen LogP contribution in [0.3, 0.4) is 0 Å². The summed E-state index contributed by atoms with van der Waals surface area (Å²) in [7, 11) is -5.56. The highest BCUT2D eigenvalue weighted by Gasteiger charge is 2.35. The summed E-state index contributed by atoms with van der Waals surface area (Å²) in [6.07, 6.45) is -14.2. The van der Waals surface area contributed by atoms with E-state index in [1.165, 1.54) is 0 Å². The first-order valence-corrected chi connectivity index (χ1v) is 5.25. The zero-order valence-corrected chi connectivity index (χ0v) is 8.33. The molecule has 0 saturated carbocycles. The molecule has 0 aromatic rings. The van der Waals surface area contributed by atoms with Crippen molar-refractivity contribution in [3.8, 4) is 0 Å². The molecule has 0 unspecified atom stereocenters. The molecule has 0 atom stereocenters. The van der Waals surface area contributed by atoms with E-state index < -0.39 is 44.2 Å². The smallest absolute Gasteiger partial charge is 0.392 e. The average molecular weight is 270 g/mol. The fourth-order valence-electron chi connectivity index (χ4n) is 0.892. The molecular weight excluding hydrogens is 265 g/mol. The molecule has 3 nitrogen and oxygen atoms in total. The maximum atomic E-state index is 11.8. The van der Waals surface area contributed by atoms with Crippen molar-refractivity contribution in [2.24, 2.45) is 0 Å². The molecule has 0 amide bonds. The SMILES string of the molecule is O=P([O-])([O-])C=C(CC(F)(F)F)CC(F)(F)F. The highest BCUT2D eigenvalue weighted by Crippen LogP contribution is 2.37. The Morgan fingerprint density at radius 2 is 1.31 bits per heavy atom. The molecule has 0 radical (unpaired) electrons. The molecule has 0 aliphatic heterocycles. The van der Waals surface area contributed by atoms with Crippen molar-refractivity contribution in [1.82, 2.24) is 0 Å². The number of rotatable bonds is 3. The molecule has 10 heteroatoms. The van der Waals surface area contributed by atoms with Crippen molar-refractivity contribution in [3.05, 3.63) is 11.4 Å². The van der Waals surface area contributed by atoms with Crippen LogP contribution in [0.2, 0.25) is 0 Å². The summed E-state index contributed by atoms with van der Waals surface area (Å²) in [6.45, 7) is 0. The van der Waals surface area contributed by atoms with E-state index in [4.69, 9.17) is 0 Å². The molecule has 0 rings (SSSR count). The summed E-state index contributed by atoms with van der Waals surface area (Å²) in [6, 6.07) is 0. The first kappa shape index (κ1) is 15.5. The monoisotopic (exact) mass is 270 g/mol. The van der Waals surface area contributed by atoms with Gasteiger partial charge in [-0.15, -0.1) is 0 Å². The van der Waals surface area contributed by atoms with Crippen LogP contribution in [-0.2, 0) is 4.57 Å². The molecule has 0 fully saturated rings. The molecule has 0 spiro atoms. The zero-order chi connectivity index (χ0) is 13.2. The average Bonchev–Trinajstić information content (AvgIpc) is 1.70. The van der Waals surface area contributed by atoms with Gasteiger partial charge in [0.15, 0.2) is 0 Å². The highest BCUT2D eigenvalue weighted by molar-refractivity contribution is 7.52. The number of hydrogen-bond donors (Lipinski definition) is 0. The topological polar surface area (TPSA) is 63.2 Å². The number of hydrogen-bond acceptors (Lipinski definition) is 3. The van der Waals surface area contributed by atoms with Crippen molar-refractivity contribution in [3.63, 3.8) is 0 Å². The number of alkyl halides is 6. The summed E-state index contributed by atoms with van der Waals surface area (Å²) >= 11 is 0. The molecule has 16 heavy (non-hydrogen) atoms. The lowest BCUT2D eigenvalue weighted by Crippen LogP contribution is -2.17. The van der Waals surface area contributed by atoms with Crippen LogP contribution < -0.4 is 9.79 Å². The molecule has 0 heterocycles. The Balaban J connectivity index is 4.94. The van der Waals surface area contributed by atoms with Gasteiger partial charge < -0.3 is 14.4 Å². The molecule has 0 aromatic carbocycles. The Bertz CT molecular complexity index is 293. The lowest BCUT2D eigenvalue weighted by Gasteiger charge is -2.27. The molecule has 96 valence electrons. The molecule has 0 aliphatic carbocycles. The molecule has 0 N–H and O–H groups in total. The minimum Gasteiger partial charge on any atom is -0.808 e. The largest absolute Gasteiger partial charge is 0.808 e. The second kappa shape index (κ2) is 4.77. The Morgan fingerprint density at radius 1 is 1.00 bits per heavy atom. The highest BCUT2D eigenvalue weighted by atomic mass is 31.2. The van der Waals surface area contributed by atoms with Crippen LogP contribution >= 0.6 is 7.60 Å². The minimum absolute atomic E-state index is 0.520. The van der Waals surface area contributed by atoms with Crippen molar-refractivity contribution >= 4 is 7.60 Å². The maximum Gasteiger partial charge on any atom is 0.392 e. The second-order valence-corrected chi connectivity index (χ2v) is 4.25. The Kier molecular flexibility index (Phi) is 4.61. The number of allylic oxidation sites excluding steroid dienone is 1. The van der Waals surface area contributed by atoms with Gasteiger partial charge in [0.2, 0.25) is 0 Å². The summed E-state index contributed by atoms with van der Waals surface area (Å²) in [5.74, 6) is -0.520. The minimum atomic E-state index is -5.56. The summed E-state index contributed by atoms with van der Waals surface area (Å²) in [4.78, 5) is 20.1. The maximum absolute atomic E-state index is 11.8. The third-order valence-electron chi connectivity index (χ3n) is 1.20. The van der Waals surface area contributed by atoms with Gasteiger partial charge in [0.25, 0.3) is 0 Å². The lowest BCUT2D eigenvalue weighted by atomic mass is 10.1. The standard InChI is InChI=1S/C6H7F6O3P/c7-5(8,9)1-4(2-6(10,11)12)3-16(13,14)15/h3H,1-2H2,(H2,13,14,15)/p-2. The van der Waals surface area contributed by atoms with Crippen LogP contribution in [0.5, 0.6) is 0 Å². The van der Waals surface area contributed by atoms with Gasteiger partial charge in [0.1, 0.15) is 0 Å². The third-order valence-corrected chi connectivity index (χ3v) is 1.88. The van der Waals surface area contributed by atoms with E-state index in [-0.39, 0.29) is 0 Å². The van der Waals surface area contributed by atoms with Gasteiger partial charge in [-0.2, -0.15) is 26.3 Å². The summed E-state index contributed by atoms with van der Waals surface area (Å²) in [5, 5.41) is 0. The van der Waals surface area contributed by atoms with E-state index in [0.29, 0.717) is 0 Å². The van der Waals surface area contributed by atoms with E-state index in [1.807, 2.05) is 0 Å². The Labute approximate surface area is 85.9 Å². The second-order valence-electron chi connectivity index (χ2n) is 2.91. The van der Waals surface area contributed by atoms with E-state index >= 15 is 0 Å². The fraction of sp³-hybridized carbons (Fsp3) is 0.667. The molecule has 0 aliphatic rings. The van der Waals surface area contributed by atoms with Crippen LogP contribution in [0.1, 0.15) is 12.8 Å². The van der Waals surface area contributed by atoms with Crippen LogP contribution in [0.15, 0.2) is 11.4 Å². The normalized spacial score (nSPS) is 13.8. The first-order chi connectivity index (χ1) is 6.79. The fourth-order valence-corrected chi connectivity index (χ4v) is 1.52. The van der Waals surface area contributed by atoms with E-state index in [2.05, 4.69) is 0 Å².